The number of hydrogen-bond acceptors (Lipinski definition) is 3. The fraction of sp³-hybridized carbons (Fsp3) is 0.0588. The van der Waals surface area contributed by atoms with Gasteiger partial charge in [-0.1, -0.05) is 23.2 Å². The highest BCUT2D eigenvalue weighted by Crippen LogP contribution is 2.38. The number of nitrogens with zero attached hydrogens (tertiary/aromatic N) is 3. The third-order valence-electron chi connectivity index (χ3n) is 3.40. The minimum Gasteiger partial charge on any atom is -0.455 e. The predicted octanol–water partition coefficient (Wildman–Crippen LogP) is 5.20. The SMILES string of the molecule is Cn1nccc1-c1cc(Cl)ccc1Oc1cc(F)c(C#N)cc1Cl. The van der Waals surface area contributed by atoms with Gasteiger partial charge in [0.1, 0.15) is 23.4 Å². The molecule has 1 heterocycles. The van der Waals surface area contributed by atoms with Crippen LogP contribution in [0.15, 0.2) is 42.6 Å². The van der Waals surface area contributed by atoms with E-state index >= 15 is 0 Å². The summed E-state index contributed by atoms with van der Waals surface area (Å²) < 4.78 is 21.3. The van der Waals surface area contributed by atoms with Crippen LogP contribution in [-0.2, 0) is 7.05 Å². The molecule has 0 fully saturated rings. The quantitative estimate of drug-likeness (QED) is 0.644. The van der Waals surface area contributed by atoms with Crippen LogP contribution in [0.5, 0.6) is 11.5 Å². The summed E-state index contributed by atoms with van der Waals surface area (Å²) in [6.45, 7) is 0. The van der Waals surface area contributed by atoms with Crippen LogP contribution in [0.1, 0.15) is 5.56 Å². The first-order valence-corrected chi connectivity index (χ1v) is 7.60. The van der Waals surface area contributed by atoms with Crippen LogP contribution in [0.4, 0.5) is 4.39 Å². The molecular formula is C17H10Cl2FN3O. The molecule has 2 aromatic carbocycles. The molecule has 3 rings (SSSR count). The first-order valence-electron chi connectivity index (χ1n) is 6.84. The molecular weight excluding hydrogens is 352 g/mol. The lowest BCUT2D eigenvalue weighted by molar-refractivity contribution is 0.478. The monoisotopic (exact) mass is 361 g/mol. The fourth-order valence-corrected chi connectivity index (χ4v) is 2.61. The van der Waals surface area contributed by atoms with Crippen LogP contribution in [0.25, 0.3) is 11.3 Å². The smallest absolute Gasteiger partial charge is 0.149 e. The number of aryl methyl sites for hydroxylation is 1. The van der Waals surface area contributed by atoms with Gasteiger partial charge in [0.05, 0.1) is 16.3 Å². The largest absolute Gasteiger partial charge is 0.455 e. The highest BCUT2D eigenvalue weighted by atomic mass is 35.5. The highest BCUT2D eigenvalue weighted by Gasteiger charge is 2.15. The zero-order valence-electron chi connectivity index (χ0n) is 12.4. The van der Waals surface area contributed by atoms with Gasteiger partial charge in [-0.2, -0.15) is 10.4 Å². The van der Waals surface area contributed by atoms with Crippen molar-refractivity contribution in [3.8, 4) is 28.8 Å². The van der Waals surface area contributed by atoms with E-state index < -0.39 is 5.82 Å². The van der Waals surface area contributed by atoms with E-state index in [0.717, 1.165) is 11.8 Å². The van der Waals surface area contributed by atoms with Gasteiger partial charge in [-0.15, -0.1) is 0 Å². The van der Waals surface area contributed by atoms with Crippen molar-refractivity contribution in [2.24, 2.45) is 7.05 Å². The minimum absolute atomic E-state index is 0.110. The molecule has 4 nitrogen and oxygen atoms in total. The van der Waals surface area contributed by atoms with E-state index in [2.05, 4.69) is 5.10 Å². The topological polar surface area (TPSA) is 50.8 Å². The maximum Gasteiger partial charge on any atom is 0.149 e. The summed E-state index contributed by atoms with van der Waals surface area (Å²) in [5.74, 6) is -0.152. The number of nitriles is 1. The van der Waals surface area contributed by atoms with Crippen LogP contribution in [0.2, 0.25) is 10.0 Å². The van der Waals surface area contributed by atoms with E-state index in [1.54, 1.807) is 48.3 Å². The van der Waals surface area contributed by atoms with Gasteiger partial charge in [-0.3, -0.25) is 4.68 Å². The van der Waals surface area contributed by atoms with Crippen molar-refractivity contribution in [2.45, 2.75) is 0 Å². The third-order valence-corrected chi connectivity index (χ3v) is 3.93. The predicted molar refractivity (Wildman–Crippen MR) is 89.9 cm³/mol. The Morgan fingerprint density at radius 3 is 2.62 bits per heavy atom. The molecule has 0 N–H and O–H groups in total. The molecule has 1 aromatic heterocycles. The first-order chi connectivity index (χ1) is 11.5. The summed E-state index contributed by atoms with van der Waals surface area (Å²) in [5, 5.41) is 13.6. The first kappa shape index (κ1) is 16.3. The van der Waals surface area contributed by atoms with Crippen LogP contribution >= 0.6 is 23.2 Å². The van der Waals surface area contributed by atoms with Crippen molar-refractivity contribution < 1.29 is 9.13 Å². The number of ether oxygens (including phenoxy) is 1. The van der Waals surface area contributed by atoms with E-state index in [1.807, 2.05) is 0 Å². The van der Waals surface area contributed by atoms with Crippen molar-refractivity contribution in [3.63, 3.8) is 0 Å². The Hall–Kier alpha value is -2.55. The number of benzene rings is 2. The van der Waals surface area contributed by atoms with Gasteiger partial charge < -0.3 is 4.74 Å². The summed E-state index contributed by atoms with van der Waals surface area (Å²) in [7, 11) is 1.79. The normalized spacial score (nSPS) is 10.5. The van der Waals surface area contributed by atoms with Gasteiger partial charge in [0.2, 0.25) is 0 Å². The molecule has 0 amide bonds. The minimum atomic E-state index is -0.701. The van der Waals surface area contributed by atoms with Crippen LogP contribution < -0.4 is 4.74 Å². The molecule has 0 saturated heterocycles. The van der Waals surface area contributed by atoms with Gasteiger partial charge in [0, 0.05) is 29.9 Å². The van der Waals surface area contributed by atoms with Crippen molar-refractivity contribution in [3.05, 3.63) is 64.0 Å². The summed E-state index contributed by atoms with van der Waals surface area (Å²) in [6, 6.07) is 10.9. The molecule has 0 bridgehead atoms. The Balaban J connectivity index is 2.08. The molecule has 0 unspecified atom stereocenters. The Morgan fingerprint density at radius 2 is 1.96 bits per heavy atom. The van der Waals surface area contributed by atoms with Crippen molar-refractivity contribution in [1.82, 2.24) is 9.78 Å². The Kier molecular flexibility index (Phi) is 4.43. The lowest BCUT2D eigenvalue weighted by Crippen LogP contribution is -1.96. The Morgan fingerprint density at radius 1 is 1.17 bits per heavy atom. The lowest BCUT2D eigenvalue weighted by Gasteiger charge is -2.13. The number of hydrogen-bond donors (Lipinski definition) is 0. The second-order valence-electron chi connectivity index (χ2n) is 4.96. The third kappa shape index (κ3) is 3.07. The molecule has 0 saturated carbocycles. The zero-order valence-corrected chi connectivity index (χ0v) is 13.9. The standard InChI is InChI=1S/C17H10Cl2FN3O/c1-23-15(4-5-22-23)12-7-11(18)2-3-16(12)24-17-8-14(20)10(9-21)6-13(17)19/h2-8H,1H3. The Bertz CT molecular complexity index is 963. The van der Waals surface area contributed by atoms with E-state index in [0.29, 0.717) is 16.3 Å². The molecule has 0 aliphatic heterocycles. The number of halogens is 3. The molecule has 0 spiro atoms. The van der Waals surface area contributed by atoms with Crippen LogP contribution in [0.3, 0.4) is 0 Å². The van der Waals surface area contributed by atoms with Crippen molar-refractivity contribution in [1.29, 1.82) is 5.26 Å². The van der Waals surface area contributed by atoms with E-state index in [4.69, 9.17) is 33.2 Å². The number of rotatable bonds is 3. The molecule has 0 aliphatic carbocycles. The number of aromatic nitrogens is 2. The molecule has 7 heteroatoms. The van der Waals surface area contributed by atoms with Gasteiger partial charge in [-0.05, 0) is 30.3 Å². The Labute approximate surface area is 147 Å². The second-order valence-corrected chi connectivity index (χ2v) is 5.80. The van der Waals surface area contributed by atoms with E-state index in [9.17, 15) is 4.39 Å². The summed E-state index contributed by atoms with van der Waals surface area (Å²) in [5.41, 5.74) is 1.32. The molecule has 0 radical (unpaired) electrons. The molecule has 120 valence electrons. The molecule has 0 aliphatic rings. The fourth-order valence-electron chi connectivity index (χ4n) is 2.24. The van der Waals surface area contributed by atoms with Gasteiger partial charge in [-0.25, -0.2) is 4.39 Å². The lowest BCUT2D eigenvalue weighted by atomic mass is 10.1. The summed E-state index contributed by atoms with van der Waals surface area (Å²) in [6.07, 6.45) is 1.65. The molecule has 0 atom stereocenters. The summed E-state index contributed by atoms with van der Waals surface area (Å²) in [4.78, 5) is 0. The molecule has 24 heavy (non-hydrogen) atoms. The average Bonchev–Trinajstić information content (AvgIpc) is 2.98. The molecule has 3 aromatic rings. The van der Waals surface area contributed by atoms with Gasteiger partial charge in [0.15, 0.2) is 0 Å². The van der Waals surface area contributed by atoms with E-state index in [-0.39, 0.29) is 16.3 Å². The second kappa shape index (κ2) is 6.52. The van der Waals surface area contributed by atoms with Crippen LogP contribution in [-0.4, -0.2) is 9.78 Å². The van der Waals surface area contributed by atoms with Gasteiger partial charge in [0.25, 0.3) is 0 Å². The maximum atomic E-state index is 13.8. The van der Waals surface area contributed by atoms with Crippen molar-refractivity contribution >= 4 is 23.2 Å². The maximum absolute atomic E-state index is 13.8. The highest BCUT2D eigenvalue weighted by molar-refractivity contribution is 6.32. The zero-order chi connectivity index (χ0) is 17.3. The van der Waals surface area contributed by atoms with E-state index in [1.165, 1.54) is 6.07 Å². The van der Waals surface area contributed by atoms with Crippen LogP contribution in [0, 0.1) is 17.1 Å². The van der Waals surface area contributed by atoms with Gasteiger partial charge >= 0.3 is 0 Å². The average molecular weight is 362 g/mol. The van der Waals surface area contributed by atoms with Crippen molar-refractivity contribution in [2.75, 3.05) is 0 Å². The summed E-state index contributed by atoms with van der Waals surface area (Å²) >= 11 is 12.2.